The minimum atomic E-state index is -0.370. The maximum absolute atomic E-state index is 10.5. The lowest BCUT2D eigenvalue weighted by molar-refractivity contribution is 0.0590. The van der Waals surface area contributed by atoms with E-state index in [1.165, 1.54) is 5.56 Å². The Morgan fingerprint density at radius 2 is 1.86 bits per heavy atom. The summed E-state index contributed by atoms with van der Waals surface area (Å²) < 4.78 is 0. The fraction of sp³-hybridized carbons (Fsp3) is 0.421. The topological polar surface area (TPSA) is 36.4 Å². The molecule has 3 rings (SSSR count). The van der Waals surface area contributed by atoms with Crippen LogP contribution < -0.4 is 0 Å². The number of aliphatic hydroxyl groups is 1. The molecule has 1 aromatic heterocycles. The number of hydrogen-bond acceptors (Lipinski definition) is 3. The summed E-state index contributed by atoms with van der Waals surface area (Å²) in [6.45, 7) is 3.27. The number of rotatable bonds is 5. The average molecular weight is 296 g/mol. The summed E-state index contributed by atoms with van der Waals surface area (Å²) in [4.78, 5) is 6.62. The normalized spacial score (nSPS) is 18.2. The van der Waals surface area contributed by atoms with E-state index < -0.39 is 0 Å². The minimum absolute atomic E-state index is 0.358. The molecule has 116 valence electrons. The zero-order chi connectivity index (χ0) is 15.2. The van der Waals surface area contributed by atoms with Gasteiger partial charge in [0.1, 0.15) is 0 Å². The number of aliphatic hydroxyl groups excluding tert-OH is 1. The second kappa shape index (κ2) is 7.52. The summed E-state index contributed by atoms with van der Waals surface area (Å²) in [7, 11) is 0. The van der Waals surface area contributed by atoms with E-state index in [4.69, 9.17) is 0 Å². The maximum atomic E-state index is 10.5. The molecular formula is C19H24N2O. The number of piperidine rings is 1. The van der Waals surface area contributed by atoms with Gasteiger partial charge in [-0.2, -0.15) is 0 Å². The van der Waals surface area contributed by atoms with Crippen LogP contribution >= 0.6 is 0 Å². The number of benzene rings is 1. The number of pyridine rings is 1. The van der Waals surface area contributed by atoms with Gasteiger partial charge in [-0.25, -0.2) is 0 Å². The number of hydrogen-bond donors (Lipinski definition) is 1. The van der Waals surface area contributed by atoms with Crippen LogP contribution in [0, 0.1) is 5.92 Å². The maximum Gasteiger partial charge on any atom is 0.0833 e. The highest BCUT2D eigenvalue weighted by atomic mass is 16.3. The number of aromatic nitrogens is 1. The molecule has 1 saturated heterocycles. The zero-order valence-corrected chi connectivity index (χ0v) is 12.9. The van der Waals surface area contributed by atoms with Gasteiger partial charge < -0.3 is 10.0 Å². The van der Waals surface area contributed by atoms with Crippen molar-refractivity contribution in [2.75, 3.05) is 19.6 Å². The first-order chi connectivity index (χ1) is 10.8. The first kappa shape index (κ1) is 15.2. The Labute approximate surface area is 132 Å². The van der Waals surface area contributed by atoms with E-state index >= 15 is 0 Å². The van der Waals surface area contributed by atoms with Gasteiger partial charge in [0.05, 0.1) is 6.10 Å². The number of likely N-dealkylation sites (tertiary alicyclic amines) is 1. The van der Waals surface area contributed by atoms with Crippen molar-refractivity contribution in [2.45, 2.75) is 25.4 Å². The van der Waals surface area contributed by atoms with E-state index in [1.807, 2.05) is 12.1 Å². The first-order valence-electron chi connectivity index (χ1n) is 8.17. The van der Waals surface area contributed by atoms with Crippen molar-refractivity contribution in [3.63, 3.8) is 0 Å². The predicted molar refractivity (Wildman–Crippen MR) is 88.5 cm³/mol. The van der Waals surface area contributed by atoms with Crippen molar-refractivity contribution in [2.24, 2.45) is 5.92 Å². The summed E-state index contributed by atoms with van der Waals surface area (Å²) in [5.41, 5.74) is 2.35. The molecule has 3 nitrogen and oxygen atoms in total. The third-order valence-corrected chi connectivity index (χ3v) is 4.66. The van der Waals surface area contributed by atoms with Gasteiger partial charge in [-0.3, -0.25) is 4.98 Å². The summed E-state index contributed by atoms with van der Waals surface area (Å²) in [6.07, 6.45) is 6.39. The molecule has 1 aliphatic heterocycles. The fourth-order valence-electron chi connectivity index (χ4n) is 3.25. The highest BCUT2D eigenvalue weighted by molar-refractivity contribution is 5.15. The molecule has 1 aliphatic rings. The van der Waals surface area contributed by atoms with Crippen molar-refractivity contribution in [1.82, 2.24) is 9.88 Å². The molecule has 0 radical (unpaired) electrons. The molecule has 1 N–H and O–H groups in total. The van der Waals surface area contributed by atoms with Crippen LogP contribution in [0.15, 0.2) is 54.9 Å². The van der Waals surface area contributed by atoms with Gasteiger partial charge in [0.15, 0.2) is 0 Å². The predicted octanol–water partition coefficient (Wildman–Crippen LogP) is 3.07. The molecule has 22 heavy (non-hydrogen) atoms. The van der Waals surface area contributed by atoms with E-state index in [1.54, 1.807) is 12.4 Å². The molecular weight excluding hydrogens is 272 g/mol. The second-order valence-electron chi connectivity index (χ2n) is 6.15. The summed E-state index contributed by atoms with van der Waals surface area (Å²) in [6, 6.07) is 14.5. The second-order valence-corrected chi connectivity index (χ2v) is 6.15. The van der Waals surface area contributed by atoms with Crippen LogP contribution in [-0.2, 0) is 6.42 Å². The van der Waals surface area contributed by atoms with Crippen LogP contribution in [0.5, 0.6) is 0 Å². The first-order valence-corrected chi connectivity index (χ1v) is 8.17. The van der Waals surface area contributed by atoms with Crippen LogP contribution in [0.1, 0.15) is 30.1 Å². The van der Waals surface area contributed by atoms with E-state index in [2.05, 4.69) is 40.2 Å². The quantitative estimate of drug-likeness (QED) is 0.921. The molecule has 2 aromatic rings. The van der Waals surface area contributed by atoms with Gasteiger partial charge in [0.2, 0.25) is 0 Å². The van der Waals surface area contributed by atoms with Crippen molar-refractivity contribution >= 4 is 0 Å². The average Bonchev–Trinajstić information content (AvgIpc) is 2.61. The molecule has 0 spiro atoms. The molecule has 0 saturated carbocycles. The van der Waals surface area contributed by atoms with Gasteiger partial charge in [-0.05, 0) is 55.5 Å². The third-order valence-electron chi connectivity index (χ3n) is 4.66. The smallest absolute Gasteiger partial charge is 0.0833 e. The molecule has 0 aliphatic carbocycles. The Hall–Kier alpha value is -1.71. The van der Waals surface area contributed by atoms with E-state index in [9.17, 15) is 5.11 Å². The monoisotopic (exact) mass is 296 g/mol. The van der Waals surface area contributed by atoms with E-state index in [-0.39, 0.29) is 6.10 Å². The molecule has 2 heterocycles. The largest absolute Gasteiger partial charge is 0.388 e. The highest BCUT2D eigenvalue weighted by Crippen LogP contribution is 2.30. The van der Waals surface area contributed by atoms with Crippen molar-refractivity contribution < 1.29 is 5.11 Å². The SMILES string of the molecule is OC(c1cccnc1)C1CCN(CCc2ccccc2)CC1. The van der Waals surface area contributed by atoms with Gasteiger partial charge in [0.25, 0.3) is 0 Å². The molecule has 1 unspecified atom stereocenters. The van der Waals surface area contributed by atoms with Crippen LogP contribution in [0.25, 0.3) is 0 Å². The molecule has 1 fully saturated rings. The van der Waals surface area contributed by atoms with Crippen molar-refractivity contribution in [3.8, 4) is 0 Å². The van der Waals surface area contributed by atoms with Crippen molar-refractivity contribution in [1.29, 1.82) is 0 Å². The van der Waals surface area contributed by atoms with Gasteiger partial charge in [-0.1, -0.05) is 36.4 Å². The van der Waals surface area contributed by atoms with E-state index in [0.29, 0.717) is 5.92 Å². The van der Waals surface area contributed by atoms with Gasteiger partial charge >= 0.3 is 0 Å². The lowest BCUT2D eigenvalue weighted by Crippen LogP contribution is -2.36. The Bertz CT molecular complexity index is 550. The molecule has 0 bridgehead atoms. The van der Waals surface area contributed by atoms with E-state index in [0.717, 1.165) is 44.5 Å². The Balaban J connectivity index is 1.46. The van der Waals surface area contributed by atoms with Crippen LogP contribution in [0.4, 0.5) is 0 Å². The summed E-state index contributed by atoms with van der Waals surface area (Å²) in [5, 5.41) is 10.5. The molecule has 1 atom stereocenters. The lowest BCUT2D eigenvalue weighted by atomic mass is 9.88. The molecule has 0 amide bonds. The Morgan fingerprint density at radius 3 is 2.55 bits per heavy atom. The zero-order valence-electron chi connectivity index (χ0n) is 12.9. The third kappa shape index (κ3) is 3.93. The van der Waals surface area contributed by atoms with Crippen LogP contribution in [0.3, 0.4) is 0 Å². The molecule has 3 heteroatoms. The van der Waals surface area contributed by atoms with Crippen molar-refractivity contribution in [3.05, 3.63) is 66.0 Å². The number of nitrogens with zero attached hydrogens (tertiary/aromatic N) is 2. The molecule has 1 aromatic carbocycles. The summed E-state index contributed by atoms with van der Waals surface area (Å²) >= 11 is 0. The van der Waals surface area contributed by atoms with Gasteiger partial charge in [0, 0.05) is 18.9 Å². The Morgan fingerprint density at radius 1 is 1.09 bits per heavy atom. The highest BCUT2D eigenvalue weighted by Gasteiger charge is 2.26. The van der Waals surface area contributed by atoms with Gasteiger partial charge in [-0.15, -0.1) is 0 Å². The summed E-state index contributed by atoms with van der Waals surface area (Å²) in [5.74, 6) is 0.358. The van der Waals surface area contributed by atoms with Crippen LogP contribution in [-0.4, -0.2) is 34.6 Å². The Kier molecular flexibility index (Phi) is 5.20. The fourth-order valence-corrected chi connectivity index (χ4v) is 3.25. The van der Waals surface area contributed by atoms with Crippen LogP contribution in [0.2, 0.25) is 0 Å². The minimum Gasteiger partial charge on any atom is -0.388 e. The standard InChI is InChI=1S/C19H24N2O/c22-19(18-7-4-11-20-15-18)17-9-13-21(14-10-17)12-8-16-5-2-1-3-6-16/h1-7,11,15,17,19,22H,8-10,12-14H2. The lowest BCUT2D eigenvalue weighted by Gasteiger charge is -2.34.